The Hall–Kier alpha value is -1.66. The number of carboxylic acids is 1. The summed E-state index contributed by atoms with van der Waals surface area (Å²) in [5.41, 5.74) is 6.37. The van der Waals surface area contributed by atoms with Gasteiger partial charge in [-0.25, -0.2) is 0 Å². The Morgan fingerprint density at radius 2 is 1.27 bits per heavy atom. The zero-order valence-electron chi connectivity index (χ0n) is 30.7. The van der Waals surface area contributed by atoms with Crippen LogP contribution in [0.2, 0.25) is 0 Å². The Balaban J connectivity index is -0.000000703. The van der Waals surface area contributed by atoms with Gasteiger partial charge in [-0.05, 0) is 57.9 Å². The minimum absolute atomic E-state index is 0.0987. The van der Waals surface area contributed by atoms with Crippen LogP contribution in [0.1, 0.15) is 170 Å². The maximum absolute atomic E-state index is 12.0. The number of Topliss-reactive ketones (excluding diaryl/α,β-unsaturated/α-hetero) is 1. The molecule has 2 atom stereocenters. The maximum Gasteiger partial charge on any atom is 0.320 e. The molecule has 262 valence electrons. The third-order valence-electron chi connectivity index (χ3n) is 7.29. The fourth-order valence-electron chi connectivity index (χ4n) is 4.55. The van der Waals surface area contributed by atoms with E-state index in [9.17, 15) is 9.59 Å². The number of carbonyl (C=O) groups is 2. The van der Waals surface area contributed by atoms with Crippen molar-refractivity contribution >= 4 is 11.8 Å². The summed E-state index contributed by atoms with van der Waals surface area (Å²) in [4.78, 5) is 22.8. The second kappa shape index (κ2) is 32.7. The second-order valence-electron chi connectivity index (χ2n) is 14.0. The van der Waals surface area contributed by atoms with Crippen molar-refractivity contribution in [2.75, 3.05) is 13.6 Å². The van der Waals surface area contributed by atoms with Crippen molar-refractivity contribution in [3.63, 3.8) is 0 Å². The van der Waals surface area contributed by atoms with E-state index in [1.54, 1.807) is 7.05 Å². The highest BCUT2D eigenvalue weighted by atomic mass is 16.4. The zero-order chi connectivity index (χ0) is 34.2. The Morgan fingerprint density at radius 3 is 1.66 bits per heavy atom. The van der Waals surface area contributed by atoms with E-state index in [-0.39, 0.29) is 11.2 Å². The number of hydrogen-bond donors (Lipinski definition) is 4. The number of unbranched alkanes of at least 4 members (excludes halogenated alkanes) is 14. The van der Waals surface area contributed by atoms with Gasteiger partial charge >= 0.3 is 5.97 Å². The van der Waals surface area contributed by atoms with E-state index in [4.69, 9.17) is 10.8 Å². The van der Waals surface area contributed by atoms with Crippen molar-refractivity contribution in [1.29, 1.82) is 0 Å². The molecule has 6 nitrogen and oxygen atoms in total. The highest BCUT2D eigenvalue weighted by molar-refractivity contribution is 5.88. The highest BCUT2D eigenvalue weighted by Crippen LogP contribution is 2.18. The van der Waals surface area contributed by atoms with Crippen LogP contribution >= 0.6 is 0 Å². The van der Waals surface area contributed by atoms with E-state index in [2.05, 4.69) is 51.5 Å². The SMILES string of the molecule is C=C(CCC(NC)C(=O)O)NCCCCC(N)C(=O)C(C)(C)C.C=CCCCCCCCCCCCCCCC.CC(C)C. The predicted octanol–water partition coefficient (Wildman–Crippen LogP) is 9.97. The average molecular weight is 624 g/mol. The van der Waals surface area contributed by atoms with E-state index in [0.29, 0.717) is 19.3 Å². The lowest BCUT2D eigenvalue weighted by Crippen LogP contribution is -2.38. The molecule has 6 heteroatoms. The summed E-state index contributed by atoms with van der Waals surface area (Å²) in [6, 6.07) is -0.944. The van der Waals surface area contributed by atoms with Crippen molar-refractivity contribution in [2.24, 2.45) is 17.1 Å². The first-order valence-corrected chi connectivity index (χ1v) is 18.0. The lowest BCUT2D eigenvalue weighted by molar-refractivity contribution is -0.139. The summed E-state index contributed by atoms with van der Waals surface area (Å²) in [5.74, 6) is 0.0828. The smallest absolute Gasteiger partial charge is 0.320 e. The van der Waals surface area contributed by atoms with Crippen LogP contribution in [-0.4, -0.2) is 42.5 Å². The van der Waals surface area contributed by atoms with Crippen LogP contribution in [-0.2, 0) is 9.59 Å². The molecule has 0 saturated heterocycles. The van der Waals surface area contributed by atoms with Crippen LogP contribution in [0.15, 0.2) is 24.9 Å². The summed E-state index contributed by atoms with van der Waals surface area (Å²) >= 11 is 0. The number of likely N-dealkylation sites (N-methyl/N-ethyl adjacent to an activating group) is 1. The molecule has 0 radical (unpaired) electrons. The molecular formula is C38H77N3O3. The molecule has 0 aliphatic rings. The number of carboxylic acid groups (broad SMARTS) is 1. The number of aliphatic carboxylic acids is 1. The minimum Gasteiger partial charge on any atom is -0.480 e. The van der Waals surface area contributed by atoms with Crippen LogP contribution in [0.5, 0.6) is 0 Å². The van der Waals surface area contributed by atoms with Gasteiger partial charge in [0.15, 0.2) is 5.78 Å². The van der Waals surface area contributed by atoms with Crippen molar-refractivity contribution in [2.45, 2.75) is 183 Å². The molecule has 2 unspecified atom stereocenters. The Morgan fingerprint density at radius 1 is 0.818 bits per heavy atom. The topological polar surface area (TPSA) is 104 Å². The highest BCUT2D eigenvalue weighted by Gasteiger charge is 2.26. The maximum atomic E-state index is 12.0. The van der Waals surface area contributed by atoms with E-state index >= 15 is 0 Å². The largest absolute Gasteiger partial charge is 0.480 e. The number of nitrogens with two attached hydrogens (primary N) is 1. The number of rotatable bonds is 26. The molecule has 0 aromatic carbocycles. The molecule has 44 heavy (non-hydrogen) atoms. The van der Waals surface area contributed by atoms with Crippen LogP contribution in [0, 0.1) is 11.3 Å². The fraction of sp³-hybridized carbons (Fsp3) is 0.842. The second-order valence-corrected chi connectivity index (χ2v) is 14.0. The third-order valence-corrected chi connectivity index (χ3v) is 7.29. The van der Waals surface area contributed by atoms with Gasteiger partial charge in [-0.3, -0.25) is 9.59 Å². The molecule has 0 amide bonds. The Bertz CT molecular complexity index is 683. The summed E-state index contributed by atoms with van der Waals surface area (Å²) in [6.07, 6.45) is 25.5. The van der Waals surface area contributed by atoms with Crippen LogP contribution < -0.4 is 16.4 Å². The van der Waals surface area contributed by atoms with Crippen molar-refractivity contribution in [3.05, 3.63) is 24.9 Å². The molecule has 0 aromatic heterocycles. The summed E-state index contributed by atoms with van der Waals surface area (Å²) in [5, 5.41) is 14.9. The number of carbonyl (C=O) groups excluding carboxylic acids is 1. The third kappa shape index (κ3) is 36.5. The first kappa shape index (κ1) is 46.8. The molecule has 0 fully saturated rings. The van der Waals surface area contributed by atoms with Crippen molar-refractivity contribution in [1.82, 2.24) is 10.6 Å². The van der Waals surface area contributed by atoms with Crippen LogP contribution in [0.4, 0.5) is 0 Å². The quantitative estimate of drug-likeness (QED) is 0.0565. The molecule has 5 N–H and O–H groups in total. The van der Waals surface area contributed by atoms with Crippen molar-refractivity contribution in [3.8, 4) is 0 Å². The van der Waals surface area contributed by atoms with E-state index in [1.807, 2.05) is 26.8 Å². The van der Waals surface area contributed by atoms with Crippen LogP contribution in [0.25, 0.3) is 0 Å². The van der Waals surface area contributed by atoms with E-state index < -0.39 is 18.1 Å². The number of nitrogens with one attached hydrogen (secondary N) is 2. The number of ketones is 1. The van der Waals surface area contributed by atoms with Gasteiger partial charge in [0, 0.05) is 17.7 Å². The molecular weight excluding hydrogens is 546 g/mol. The molecule has 0 spiro atoms. The summed E-state index contributed by atoms with van der Waals surface area (Å²) in [7, 11) is 1.64. The molecule has 0 saturated carbocycles. The standard InChI is InChI=1S/C17H33N3O3.C17H34.C4H10/c1-12(9-10-14(19-5)16(22)23)20-11-7-6-8-13(18)15(21)17(2,3)4;1-3-5-7-9-11-13-15-17-16-14-12-10-8-6-4-2;1-4(2)3/h13-14,19-20H,1,6-11,18H2,2-5H3,(H,22,23);3H,1,4-17H2,2H3;4H,1-3H3. The number of hydrogen-bond acceptors (Lipinski definition) is 5. The lowest BCUT2D eigenvalue weighted by Gasteiger charge is -2.21. The van der Waals surface area contributed by atoms with Gasteiger partial charge in [0.25, 0.3) is 0 Å². The first-order chi connectivity index (χ1) is 20.7. The predicted molar refractivity (Wildman–Crippen MR) is 194 cm³/mol. The first-order valence-electron chi connectivity index (χ1n) is 18.0. The van der Waals surface area contributed by atoms with E-state index in [1.165, 1.54) is 89.9 Å². The van der Waals surface area contributed by atoms with Gasteiger partial charge in [-0.1, -0.05) is 138 Å². The Kier molecular flexibility index (Phi) is 34.8. The van der Waals surface area contributed by atoms with E-state index in [0.717, 1.165) is 31.0 Å². The lowest BCUT2D eigenvalue weighted by atomic mass is 9.85. The average Bonchev–Trinajstić information content (AvgIpc) is 2.94. The van der Waals surface area contributed by atoms with Gasteiger partial charge < -0.3 is 21.5 Å². The van der Waals surface area contributed by atoms with Gasteiger partial charge in [0.1, 0.15) is 6.04 Å². The molecule has 0 rings (SSSR count). The van der Waals surface area contributed by atoms with Crippen LogP contribution in [0.3, 0.4) is 0 Å². The molecule has 0 heterocycles. The minimum atomic E-state index is -0.849. The monoisotopic (exact) mass is 624 g/mol. The summed E-state index contributed by atoms with van der Waals surface area (Å²) < 4.78 is 0. The molecule has 0 aromatic rings. The van der Waals surface area contributed by atoms with Gasteiger partial charge in [0.2, 0.25) is 0 Å². The van der Waals surface area contributed by atoms with Gasteiger partial charge in [-0.2, -0.15) is 0 Å². The van der Waals surface area contributed by atoms with Gasteiger partial charge in [-0.15, -0.1) is 6.58 Å². The van der Waals surface area contributed by atoms with Gasteiger partial charge in [0.05, 0.1) is 6.04 Å². The molecule has 0 aliphatic heterocycles. The van der Waals surface area contributed by atoms with Crippen molar-refractivity contribution < 1.29 is 14.7 Å². The molecule has 0 aliphatic carbocycles. The number of allylic oxidation sites excluding steroid dienone is 2. The normalized spacial score (nSPS) is 12.3. The fourth-order valence-corrected chi connectivity index (χ4v) is 4.55. The Labute approximate surface area is 274 Å². The summed E-state index contributed by atoms with van der Waals surface area (Å²) in [6.45, 7) is 22.9. The molecule has 0 bridgehead atoms. The zero-order valence-corrected chi connectivity index (χ0v) is 30.7.